The van der Waals surface area contributed by atoms with E-state index in [4.69, 9.17) is 4.74 Å². The van der Waals surface area contributed by atoms with Gasteiger partial charge in [0.25, 0.3) is 0 Å². The fourth-order valence-electron chi connectivity index (χ4n) is 2.24. The number of unbranched alkanes of at least 4 members (excludes halogenated alkanes) is 1. The van der Waals surface area contributed by atoms with E-state index < -0.39 is 0 Å². The highest BCUT2D eigenvalue weighted by molar-refractivity contribution is 7.15. The Hall–Kier alpha value is -1.05. The summed E-state index contributed by atoms with van der Waals surface area (Å²) in [4.78, 5) is 5.69. The maximum Gasteiger partial charge on any atom is 0.205 e. The van der Waals surface area contributed by atoms with E-state index in [9.17, 15) is 0 Å². The smallest absolute Gasteiger partial charge is 0.205 e. The van der Waals surface area contributed by atoms with Gasteiger partial charge >= 0.3 is 0 Å². The molecule has 21 heavy (non-hydrogen) atoms. The molecule has 7 heteroatoms. The van der Waals surface area contributed by atoms with E-state index in [2.05, 4.69) is 27.4 Å². The molecule has 2 aromatic rings. The van der Waals surface area contributed by atoms with Crippen molar-refractivity contribution in [2.45, 2.75) is 51.7 Å². The zero-order chi connectivity index (χ0) is 14.5. The first-order chi connectivity index (χ1) is 10.3. The standard InChI is InChI=1S/C14H20N4OS2/c1-2-3-6-12-17-18-14(21-12)16-9-10-8-15-13(20-10)11-5-4-7-19-11/h8,11H,2-7,9H2,1H3,(H,16,18)/t11-/m1/s1. The minimum Gasteiger partial charge on any atom is -0.371 e. The molecule has 114 valence electrons. The van der Waals surface area contributed by atoms with Crippen LogP contribution in [0.1, 0.15) is 53.6 Å². The summed E-state index contributed by atoms with van der Waals surface area (Å²) in [6, 6.07) is 0. The van der Waals surface area contributed by atoms with Crippen molar-refractivity contribution in [2.24, 2.45) is 0 Å². The molecule has 1 N–H and O–H groups in total. The number of ether oxygens (including phenoxy) is 1. The van der Waals surface area contributed by atoms with Crippen LogP contribution in [0.4, 0.5) is 5.13 Å². The van der Waals surface area contributed by atoms with E-state index in [0.29, 0.717) is 0 Å². The number of hydrogen-bond acceptors (Lipinski definition) is 7. The Balaban J connectivity index is 1.51. The number of thiazole rings is 1. The van der Waals surface area contributed by atoms with Crippen LogP contribution >= 0.6 is 22.7 Å². The average Bonchev–Trinajstić information content (AvgIpc) is 3.22. The van der Waals surface area contributed by atoms with Gasteiger partial charge in [-0.15, -0.1) is 21.5 Å². The van der Waals surface area contributed by atoms with Gasteiger partial charge in [0, 0.05) is 24.1 Å². The summed E-state index contributed by atoms with van der Waals surface area (Å²) in [7, 11) is 0. The number of aromatic nitrogens is 3. The highest BCUT2D eigenvalue weighted by atomic mass is 32.1. The van der Waals surface area contributed by atoms with Crippen molar-refractivity contribution in [1.29, 1.82) is 0 Å². The molecule has 0 amide bonds. The summed E-state index contributed by atoms with van der Waals surface area (Å²) in [5.41, 5.74) is 0. The Morgan fingerprint density at radius 2 is 2.33 bits per heavy atom. The van der Waals surface area contributed by atoms with Crippen LogP contribution in [-0.2, 0) is 17.7 Å². The number of aryl methyl sites for hydroxylation is 1. The summed E-state index contributed by atoms with van der Waals surface area (Å²) < 4.78 is 5.66. The van der Waals surface area contributed by atoms with Gasteiger partial charge in [-0.05, 0) is 19.3 Å². The van der Waals surface area contributed by atoms with Crippen LogP contribution in [-0.4, -0.2) is 21.8 Å². The second-order valence-corrected chi connectivity index (χ2v) is 7.33. The largest absolute Gasteiger partial charge is 0.371 e. The maximum absolute atomic E-state index is 5.66. The SMILES string of the molecule is CCCCc1nnc(NCc2cnc([C@H]3CCCO3)s2)s1. The molecule has 0 saturated carbocycles. The molecule has 0 radical (unpaired) electrons. The Labute approximate surface area is 132 Å². The molecule has 1 fully saturated rings. The molecule has 1 aliphatic rings. The molecule has 1 aliphatic heterocycles. The number of anilines is 1. The highest BCUT2D eigenvalue weighted by Gasteiger charge is 2.20. The first-order valence-electron chi connectivity index (χ1n) is 7.47. The van der Waals surface area contributed by atoms with Crippen molar-refractivity contribution in [3.05, 3.63) is 21.1 Å². The molecule has 0 spiro atoms. The highest BCUT2D eigenvalue weighted by Crippen LogP contribution is 2.31. The van der Waals surface area contributed by atoms with Crippen LogP contribution in [0, 0.1) is 0 Å². The van der Waals surface area contributed by atoms with Crippen molar-refractivity contribution in [2.75, 3.05) is 11.9 Å². The molecular weight excluding hydrogens is 304 g/mol. The average molecular weight is 324 g/mol. The molecule has 3 rings (SSSR count). The van der Waals surface area contributed by atoms with Crippen molar-refractivity contribution in [3.8, 4) is 0 Å². The molecule has 0 aromatic carbocycles. The monoisotopic (exact) mass is 324 g/mol. The van der Waals surface area contributed by atoms with E-state index in [1.54, 1.807) is 22.7 Å². The summed E-state index contributed by atoms with van der Waals surface area (Å²) in [5, 5.41) is 14.8. The van der Waals surface area contributed by atoms with Crippen LogP contribution < -0.4 is 5.32 Å². The second-order valence-electron chi connectivity index (χ2n) is 5.12. The lowest BCUT2D eigenvalue weighted by molar-refractivity contribution is 0.111. The fourth-order valence-corrected chi connectivity index (χ4v) is 3.96. The lowest BCUT2D eigenvalue weighted by Gasteiger charge is -2.03. The molecule has 1 atom stereocenters. The molecule has 1 saturated heterocycles. The van der Waals surface area contributed by atoms with Crippen molar-refractivity contribution < 1.29 is 4.74 Å². The Kier molecular flexibility index (Phi) is 5.16. The maximum atomic E-state index is 5.66. The number of nitrogens with one attached hydrogen (secondary N) is 1. The predicted molar refractivity (Wildman–Crippen MR) is 85.9 cm³/mol. The minimum absolute atomic E-state index is 0.214. The summed E-state index contributed by atoms with van der Waals surface area (Å²) in [6.45, 7) is 3.81. The fraction of sp³-hybridized carbons (Fsp3) is 0.643. The molecule has 0 bridgehead atoms. The van der Waals surface area contributed by atoms with Gasteiger partial charge in [-0.3, -0.25) is 0 Å². The third kappa shape index (κ3) is 3.99. The summed E-state index contributed by atoms with van der Waals surface area (Å²) in [6.07, 6.45) is 7.78. The van der Waals surface area contributed by atoms with Crippen LogP contribution in [0.25, 0.3) is 0 Å². The van der Waals surface area contributed by atoms with Crippen molar-refractivity contribution >= 4 is 27.8 Å². The third-order valence-electron chi connectivity index (χ3n) is 3.40. The van der Waals surface area contributed by atoms with E-state index in [1.807, 2.05) is 6.20 Å². The van der Waals surface area contributed by atoms with E-state index in [0.717, 1.165) is 47.6 Å². The molecule has 5 nitrogen and oxygen atoms in total. The topological polar surface area (TPSA) is 59.9 Å². The lowest BCUT2D eigenvalue weighted by Crippen LogP contribution is -1.96. The van der Waals surface area contributed by atoms with Crippen LogP contribution in [0.2, 0.25) is 0 Å². The van der Waals surface area contributed by atoms with Gasteiger partial charge in [0.05, 0.1) is 6.54 Å². The van der Waals surface area contributed by atoms with Crippen LogP contribution in [0.15, 0.2) is 6.20 Å². The number of rotatable bonds is 7. The first kappa shape index (κ1) is 14.9. The summed E-state index contributed by atoms with van der Waals surface area (Å²) >= 11 is 3.38. The van der Waals surface area contributed by atoms with Crippen LogP contribution in [0.3, 0.4) is 0 Å². The van der Waals surface area contributed by atoms with E-state index in [1.165, 1.54) is 17.7 Å². The van der Waals surface area contributed by atoms with Crippen molar-refractivity contribution in [3.63, 3.8) is 0 Å². The normalized spacial score (nSPS) is 18.2. The zero-order valence-corrected chi connectivity index (χ0v) is 13.8. The second kappa shape index (κ2) is 7.29. The third-order valence-corrected chi connectivity index (χ3v) is 5.43. The van der Waals surface area contributed by atoms with Gasteiger partial charge in [0.1, 0.15) is 16.1 Å². The lowest BCUT2D eigenvalue weighted by atomic mass is 10.2. The molecular formula is C14H20N4OS2. The molecule has 2 aromatic heterocycles. The minimum atomic E-state index is 0.214. The van der Waals surface area contributed by atoms with Gasteiger partial charge < -0.3 is 10.1 Å². The zero-order valence-electron chi connectivity index (χ0n) is 12.2. The predicted octanol–water partition coefficient (Wildman–Crippen LogP) is 3.80. The molecule has 0 unspecified atom stereocenters. The first-order valence-corrected chi connectivity index (χ1v) is 9.11. The van der Waals surface area contributed by atoms with Gasteiger partial charge in [-0.25, -0.2) is 4.98 Å². The van der Waals surface area contributed by atoms with Gasteiger partial charge in [-0.1, -0.05) is 24.7 Å². The van der Waals surface area contributed by atoms with E-state index >= 15 is 0 Å². The van der Waals surface area contributed by atoms with Crippen LogP contribution in [0.5, 0.6) is 0 Å². The molecule has 3 heterocycles. The Bertz CT molecular complexity index is 563. The van der Waals surface area contributed by atoms with Gasteiger partial charge in [-0.2, -0.15) is 0 Å². The quantitative estimate of drug-likeness (QED) is 0.839. The summed E-state index contributed by atoms with van der Waals surface area (Å²) in [5.74, 6) is 0. The molecule has 0 aliphatic carbocycles. The Morgan fingerprint density at radius 1 is 1.38 bits per heavy atom. The number of nitrogens with zero attached hydrogens (tertiary/aromatic N) is 3. The van der Waals surface area contributed by atoms with Gasteiger partial charge in [0.2, 0.25) is 5.13 Å². The number of hydrogen-bond donors (Lipinski definition) is 1. The Morgan fingerprint density at radius 3 is 3.14 bits per heavy atom. The van der Waals surface area contributed by atoms with Gasteiger partial charge in [0.15, 0.2) is 0 Å². The van der Waals surface area contributed by atoms with E-state index in [-0.39, 0.29) is 6.10 Å². The van der Waals surface area contributed by atoms with Crippen molar-refractivity contribution in [1.82, 2.24) is 15.2 Å².